The second-order valence-corrected chi connectivity index (χ2v) is 5.44. The van der Waals surface area contributed by atoms with Crippen molar-refractivity contribution >= 4 is 17.3 Å². The van der Waals surface area contributed by atoms with Crippen LogP contribution in [0.5, 0.6) is 0 Å². The lowest BCUT2D eigenvalue weighted by atomic mass is 10.1. The standard InChI is InChI=1S/C14H20FN3S/c1-18-8-6-13(7-9-18)17-14(19)16-10-11-2-4-12(15)5-3-11/h2-5,13H,6-10H2,1H3,(H2,16,17,19). The molecule has 1 aromatic carbocycles. The van der Waals surface area contributed by atoms with Gasteiger partial charge in [-0.05, 0) is 62.9 Å². The molecular formula is C14H20FN3S. The summed E-state index contributed by atoms with van der Waals surface area (Å²) in [4.78, 5) is 2.33. The van der Waals surface area contributed by atoms with E-state index in [0.29, 0.717) is 17.7 Å². The minimum absolute atomic E-state index is 0.212. The summed E-state index contributed by atoms with van der Waals surface area (Å²) in [7, 11) is 2.14. The highest BCUT2D eigenvalue weighted by Gasteiger charge is 2.16. The maximum atomic E-state index is 12.8. The second kappa shape index (κ2) is 6.82. The number of thiocarbonyl (C=S) groups is 1. The monoisotopic (exact) mass is 281 g/mol. The molecule has 1 heterocycles. The highest BCUT2D eigenvalue weighted by molar-refractivity contribution is 7.80. The van der Waals surface area contributed by atoms with Gasteiger partial charge in [0, 0.05) is 12.6 Å². The molecule has 3 nitrogen and oxygen atoms in total. The van der Waals surface area contributed by atoms with E-state index >= 15 is 0 Å². The zero-order chi connectivity index (χ0) is 13.7. The first-order chi connectivity index (χ1) is 9.13. The van der Waals surface area contributed by atoms with Gasteiger partial charge in [-0.15, -0.1) is 0 Å². The number of rotatable bonds is 3. The van der Waals surface area contributed by atoms with E-state index in [-0.39, 0.29) is 5.82 Å². The van der Waals surface area contributed by atoms with E-state index in [9.17, 15) is 4.39 Å². The van der Waals surface area contributed by atoms with Crippen LogP contribution in [0.25, 0.3) is 0 Å². The Bertz CT molecular complexity index is 413. The number of nitrogens with zero attached hydrogens (tertiary/aromatic N) is 1. The molecule has 0 unspecified atom stereocenters. The summed E-state index contributed by atoms with van der Waals surface area (Å²) in [6.07, 6.45) is 2.24. The Labute approximate surface area is 119 Å². The van der Waals surface area contributed by atoms with Gasteiger partial charge in [0.25, 0.3) is 0 Å². The number of nitrogens with one attached hydrogen (secondary N) is 2. The molecular weight excluding hydrogens is 261 g/mol. The summed E-state index contributed by atoms with van der Waals surface area (Å²) in [6, 6.07) is 6.92. The Kier molecular flexibility index (Phi) is 5.10. The van der Waals surface area contributed by atoms with Gasteiger partial charge in [-0.2, -0.15) is 0 Å². The molecule has 2 N–H and O–H groups in total. The summed E-state index contributed by atoms with van der Waals surface area (Å²) in [5.74, 6) is -0.212. The topological polar surface area (TPSA) is 27.3 Å². The summed E-state index contributed by atoms with van der Waals surface area (Å²) < 4.78 is 12.8. The van der Waals surface area contributed by atoms with Gasteiger partial charge < -0.3 is 15.5 Å². The van der Waals surface area contributed by atoms with Crippen molar-refractivity contribution in [3.05, 3.63) is 35.6 Å². The Morgan fingerprint density at radius 3 is 2.58 bits per heavy atom. The van der Waals surface area contributed by atoms with Crippen molar-refractivity contribution in [1.29, 1.82) is 0 Å². The van der Waals surface area contributed by atoms with Crippen LogP contribution >= 0.6 is 12.2 Å². The van der Waals surface area contributed by atoms with Crippen molar-refractivity contribution in [3.63, 3.8) is 0 Å². The van der Waals surface area contributed by atoms with Gasteiger partial charge in [0.1, 0.15) is 5.82 Å². The highest BCUT2D eigenvalue weighted by Crippen LogP contribution is 2.08. The van der Waals surface area contributed by atoms with Crippen LogP contribution in [0.4, 0.5) is 4.39 Å². The van der Waals surface area contributed by atoms with Crippen LogP contribution in [0.3, 0.4) is 0 Å². The van der Waals surface area contributed by atoms with Crippen molar-refractivity contribution in [2.75, 3.05) is 20.1 Å². The first-order valence-corrected chi connectivity index (χ1v) is 7.01. The molecule has 0 amide bonds. The molecule has 0 aromatic heterocycles. The molecule has 19 heavy (non-hydrogen) atoms. The Balaban J connectivity index is 1.71. The number of benzene rings is 1. The van der Waals surface area contributed by atoms with E-state index in [1.165, 1.54) is 12.1 Å². The van der Waals surface area contributed by atoms with Crippen molar-refractivity contribution in [1.82, 2.24) is 15.5 Å². The van der Waals surface area contributed by atoms with Crippen LogP contribution in [-0.2, 0) is 6.54 Å². The summed E-state index contributed by atoms with van der Waals surface area (Å²) >= 11 is 5.28. The van der Waals surface area contributed by atoms with E-state index in [1.54, 1.807) is 12.1 Å². The second-order valence-electron chi connectivity index (χ2n) is 5.03. The van der Waals surface area contributed by atoms with Crippen LogP contribution in [0.15, 0.2) is 24.3 Å². The average Bonchev–Trinajstić information content (AvgIpc) is 2.41. The van der Waals surface area contributed by atoms with Gasteiger partial charge in [0.15, 0.2) is 5.11 Å². The molecule has 0 bridgehead atoms. The Hall–Kier alpha value is -1.20. The third kappa shape index (κ3) is 4.76. The molecule has 0 atom stereocenters. The van der Waals surface area contributed by atoms with Crippen molar-refractivity contribution in [3.8, 4) is 0 Å². The van der Waals surface area contributed by atoms with Crippen LogP contribution in [0.1, 0.15) is 18.4 Å². The quantitative estimate of drug-likeness (QED) is 0.827. The molecule has 1 saturated heterocycles. The fourth-order valence-corrected chi connectivity index (χ4v) is 2.41. The zero-order valence-electron chi connectivity index (χ0n) is 11.2. The van der Waals surface area contributed by atoms with E-state index in [4.69, 9.17) is 12.2 Å². The first-order valence-electron chi connectivity index (χ1n) is 6.61. The molecule has 1 aromatic rings. The molecule has 1 aliphatic heterocycles. The predicted molar refractivity (Wildman–Crippen MR) is 79.5 cm³/mol. The number of hydrogen-bond donors (Lipinski definition) is 2. The third-order valence-electron chi connectivity index (χ3n) is 3.42. The molecule has 0 aliphatic carbocycles. The number of hydrogen-bond acceptors (Lipinski definition) is 2. The van der Waals surface area contributed by atoms with Crippen molar-refractivity contribution in [2.24, 2.45) is 0 Å². The lowest BCUT2D eigenvalue weighted by molar-refractivity contribution is 0.246. The lowest BCUT2D eigenvalue weighted by Gasteiger charge is -2.30. The molecule has 2 rings (SSSR count). The maximum Gasteiger partial charge on any atom is 0.166 e. The summed E-state index contributed by atoms with van der Waals surface area (Å²) in [5.41, 5.74) is 1.02. The molecule has 0 saturated carbocycles. The minimum atomic E-state index is -0.212. The summed E-state index contributed by atoms with van der Waals surface area (Å²) in [6.45, 7) is 2.84. The number of halogens is 1. The SMILES string of the molecule is CN1CCC(NC(=S)NCc2ccc(F)cc2)CC1. The van der Waals surface area contributed by atoms with E-state index < -0.39 is 0 Å². The molecule has 0 spiro atoms. The fourth-order valence-electron chi connectivity index (χ4n) is 2.17. The Morgan fingerprint density at radius 1 is 1.32 bits per heavy atom. The van der Waals surface area contributed by atoms with E-state index in [1.807, 2.05) is 0 Å². The van der Waals surface area contributed by atoms with Gasteiger partial charge in [0.2, 0.25) is 0 Å². The van der Waals surface area contributed by atoms with Gasteiger partial charge in [-0.25, -0.2) is 4.39 Å². The van der Waals surface area contributed by atoms with Crippen LogP contribution in [0, 0.1) is 5.82 Å². The molecule has 0 radical (unpaired) electrons. The molecule has 1 aliphatic rings. The molecule has 5 heteroatoms. The summed E-state index contributed by atoms with van der Waals surface area (Å²) in [5, 5.41) is 7.18. The van der Waals surface area contributed by atoms with E-state index in [0.717, 1.165) is 31.5 Å². The number of piperidine rings is 1. The smallest absolute Gasteiger partial charge is 0.166 e. The zero-order valence-corrected chi connectivity index (χ0v) is 12.0. The predicted octanol–water partition coefficient (Wildman–Crippen LogP) is 1.88. The maximum absolute atomic E-state index is 12.8. The Morgan fingerprint density at radius 2 is 1.95 bits per heavy atom. The highest BCUT2D eigenvalue weighted by atomic mass is 32.1. The molecule has 1 fully saturated rings. The van der Waals surface area contributed by atoms with Crippen molar-refractivity contribution < 1.29 is 4.39 Å². The van der Waals surface area contributed by atoms with Gasteiger partial charge in [-0.3, -0.25) is 0 Å². The van der Waals surface area contributed by atoms with Gasteiger partial charge in [0.05, 0.1) is 0 Å². The lowest BCUT2D eigenvalue weighted by Crippen LogP contribution is -2.46. The van der Waals surface area contributed by atoms with E-state index in [2.05, 4.69) is 22.6 Å². The van der Waals surface area contributed by atoms with Crippen LogP contribution in [-0.4, -0.2) is 36.2 Å². The van der Waals surface area contributed by atoms with Gasteiger partial charge >= 0.3 is 0 Å². The van der Waals surface area contributed by atoms with Gasteiger partial charge in [-0.1, -0.05) is 12.1 Å². The van der Waals surface area contributed by atoms with Crippen LogP contribution in [0.2, 0.25) is 0 Å². The molecule has 104 valence electrons. The largest absolute Gasteiger partial charge is 0.360 e. The average molecular weight is 281 g/mol. The van der Waals surface area contributed by atoms with Crippen LogP contribution < -0.4 is 10.6 Å². The van der Waals surface area contributed by atoms with Crippen molar-refractivity contribution in [2.45, 2.75) is 25.4 Å². The normalized spacial score (nSPS) is 17.2. The fraction of sp³-hybridized carbons (Fsp3) is 0.500. The number of likely N-dealkylation sites (tertiary alicyclic amines) is 1. The minimum Gasteiger partial charge on any atom is -0.360 e. The first kappa shape index (κ1) is 14.2. The third-order valence-corrected chi connectivity index (χ3v) is 3.68.